The average molecular weight is 214 g/mol. The predicted molar refractivity (Wildman–Crippen MR) is 52.9 cm³/mol. The Labute approximate surface area is 85.5 Å². The van der Waals surface area contributed by atoms with Crippen LogP contribution >= 0.6 is 0 Å². The maximum Gasteiger partial charge on any atom is 0.273 e. The summed E-state index contributed by atoms with van der Waals surface area (Å²) in [5.41, 5.74) is 4.07. The molecular weight excluding hydrogens is 202 g/mol. The van der Waals surface area contributed by atoms with E-state index in [0.717, 1.165) is 0 Å². The predicted octanol–water partition coefficient (Wildman–Crippen LogP) is 1.65. The Morgan fingerprint density at radius 2 is 2.33 bits per heavy atom. The standard InChI is InChI=1S/C10H12F2N2O/c1-10(9(11)12)5-7(10)14-4-2-3-6(13)8(14)15/h2-4,7,9H,5,13H2,1H3/t7-,10+/m1/s1. The van der Waals surface area contributed by atoms with Crippen molar-refractivity contribution in [3.05, 3.63) is 28.7 Å². The van der Waals surface area contributed by atoms with Crippen molar-refractivity contribution >= 4 is 5.69 Å². The Kier molecular flexibility index (Phi) is 2.06. The SMILES string of the molecule is C[C@]1(C(F)F)C[C@H]1n1cccc(N)c1=O. The second-order valence-electron chi connectivity index (χ2n) is 4.20. The molecular formula is C10H12F2N2O. The lowest BCUT2D eigenvalue weighted by atomic mass is 10.1. The van der Waals surface area contributed by atoms with E-state index in [1.165, 1.54) is 23.8 Å². The second kappa shape index (κ2) is 3.05. The number of hydrogen-bond acceptors (Lipinski definition) is 2. The number of hydrogen-bond donors (Lipinski definition) is 1. The van der Waals surface area contributed by atoms with E-state index in [4.69, 9.17) is 5.73 Å². The van der Waals surface area contributed by atoms with Gasteiger partial charge in [0.1, 0.15) is 0 Å². The molecule has 2 atom stereocenters. The van der Waals surface area contributed by atoms with Gasteiger partial charge in [-0.15, -0.1) is 0 Å². The van der Waals surface area contributed by atoms with E-state index < -0.39 is 17.9 Å². The number of nitrogens with two attached hydrogens (primary N) is 1. The average Bonchev–Trinajstić information content (AvgIpc) is 2.84. The Morgan fingerprint density at radius 1 is 1.67 bits per heavy atom. The van der Waals surface area contributed by atoms with Crippen molar-refractivity contribution in [2.45, 2.75) is 25.8 Å². The normalized spacial score (nSPS) is 29.5. The molecule has 0 saturated heterocycles. The van der Waals surface area contributed by atoms with E-state index in [2.05, 4.69) is 0 Å². The van der Waals surface area contributed by atoms with Crippen molar-refractivity contribution in [2.75, 3.05) is 5.73 Å². The third kappa shape index (κ3) is 1.42. The number of pyridine rings is 1. The molecule has 82 valence electrons. The molecule has 3 nitrogen and oxygen atoms in total. The number of alkyl halides is 2. The summed E-state index contributed by atoms with van der Waals surface area (Å²) in [6, 6.07) is 2.65. The minimum Gasteiger partial charge on any atom is -0.394 e. The molecule has 0 aromatic carbocycles. The van der Waals surface area contributed by atoms with Crippen LogP contribution in [0.5, 0.6) is 0 Å². The molecule has 5 heteroatoms. The summed E-state index contributed by atoms with van der Waals surface area (Å²) in [5, 5.41) is 0. The molecule has 0 aliphatic heterocycles. The summed E-state index contributed by atoms with van der Waals surface area (Å²) in [6.45, 7) is 1.48. The van der Waals surface area contributed by atoms with Gasteiger partial charge in [0.05, 0.1) is 11.1 Å². The van der Waals surface area contributed by atoms with Gasteiger partial charge in [-0.25, -0.2) is 8.78 Å². The fraction of sp³-hybridized carbons (Fsp3) is 0.500. The van der Waals surface area contributed by atoms with E-state index in [-0.39, 0.29) is 11.2 Å². The highest BCUT2D eigenvalue weighted by Crippen LogP contribution is 2.59. The van der Waals surface area contributed by atoms with Crippen LogP contribution in [-0.2, 0) is 0 Å². The highest BCUT2D eigenvalue weighted by molar-refractivity contribution is 5.34. The van der Waals surface area contributed by atoms with Gasteiger partial charge in [0.2, 0.25) is 6.43 Å². The third-order valence-corrected chi connectivity index (χ3v) is 3.07. The number of nitrogens with zero attached hydrogens (tertiary/aromatic N) is 1. The molecule has 0 spiro atoms. The molecule has 0 radical (unpaired) electrons. The van der Waals surface area contributed by atoms with Crippen LogP contribution in [0, 0.1) is 5.41 Å². The lowest BCUT2D eigenvalue weighted by molar-refractivity contribution is 0.0631. The number of anilines is 1. The molecule has 0 amide bonds. The topological polar surface area (TPSA) is 48.0 Å². The highest BCUT2D eigenvalue weighted by atomic mass is 19.3. The van der Waals surface area contributed by atoms with E-state index in [1.54, 1.807) is 6.07 Å². The van der Waals surface area contributed by atoms with Crippen molar-refractivity contribution in [3.8, 4) is 0 Å². The van der Waals surface area contributed by atoms with Crippen LogP contribution in [0.2, 0.25) is 0 Å². The van der Waals surface area contributed by atoms with Gasteiger partial charge in [0.15, 0.2) is 0 Å². The van der Waals surface area contributed by atoms with Gasteiger partial charge in [-0.2, -0.15) is 0 Å². The molecule has 1 fully saturated rings. The molecule has 1 aromatic heterocycles. The number of aromatic nitrogens is 1. The van der Waals surface area contributed by atoms with Crippen LogP contribution in [0.4, 0.5) is 14.5 Å². The molecule has 1 aliphatic carbocycles. The highest BCUT2D eigenvalue weighted by Gasteiger charge is 2.58. The van der Waals surface area contributed by atoms with Gasteiger partial charge in [-0.1, -0.05) is 6.92 Å². The van der Waals surface area contributed by atoms with Crippen molar-refractivity contribution < 1.29 is 8.78 Å². The van der Waals surface area contributed by atoms with Gasteiger partial charge in [-0.3, -0.25) is 4.79 Å². The second-order valence-corrected chi connectivity index (χ2v) is 4.20. The number of nitrogen functional groups attached to an aromatic ring is 1. The maximum atomic E-state index is 12.6. The molecule has 1 heterocycles. The quantitative estimate of drug-likeness (QED) is 0.813. The Bertz CT molecular complexity index is 443. The summed E-state index contributed by atoms with van der Waals surface area (Å²) >= 11 is 0. The minimum absolute atomic E-state index is 0.0982. The van der Waals surface area contributed by atoms with E-state index in [1.807, 2.05) is 0 Å². The van der Waals surface area contributed by atoms with Gasteiger partial charge in [0.25, 0.3) is 5.56 Å². The summed E-state index contributed by atoms with van der Waals surface area (Å²) < 4.78 is 26.6. The molecule has 15 heavy (non-hydrogen) atoms. The molecule has 1 aromatic rings. The van der Waals surface area contributed by atoms with E-state index >= 15 is 0 Å². The minimum atomic E-state index is -2.41. The smallest absolute Gasteiger partial charge is 0.273 e. The van der Waals surface area contributed by atoms with E-state index in [0.29, 0.717) is 6.42 Å². The number of rotatable bonds is 2. The third-order valence-electron chi connectivity index (χ3n) is 3.07. The van der Waals surface area contributed by atoms with E-state index in [9.17, 15) is 13.6 Å². The molecule has 0 unspecified atom stereocenters. The first-order chi connectivity index (χ1) is 6.97. The lowest BCUT2D eigenvalue weighted by Gasteiger charge is -2.11. The first-order valence-corrected chi connectivity index (χ1v) is 4.71. The Morgan fingerprint density at radius 3 is 2.87 bits per heavy atom. The zero-order chi connectivity index (χ0) is 11.2. The van der Waals surface area contributed by atoms with Crippen molar-refractivity contribution in [1.82, 2.24) is 4.57 Å². The molecule has 1 aliphatic rings. The summed E-state index contributed by atoms with van der Waals surface area (Å²) in [7, 11) is 0. The lowest BCUT2D eigenvalue weighted by Crippen LogP contribution is -2.24. The maximum absolute atomic E-state index is 12.6. The molecule has 2 N–H and O–H groups in total. The van der Waals surface area contributed by atoms with Gasteiger partial charge in [0, 0.05) is 12.2 Å². The Balaban J connectivity index is 2.35. The van der Waals surface area contributed by atoms with Crippen LogP contribution in [0.3, 0.4) is 0 Å². The van der Waals surface area contributed by atoms with Crippen molar-refractivity contribution in [3.63, 3.8) is 0 Å². The van der Waals surface area contributed by atoms with Gasteiger partial charge >= 0.3 is 0 Å². The Hall–Kier alpha value is -1.39. The number of halogens is 2. The summed E-state index contributed by atoms with van der Waals surface area (Å²) in [4.78, 5) is 11.6. The van der Waals surface area contributed by atoms with Crippen LogP contribution < -0.4 is 11.3 Å². The zero-order valence-corrected chi connectivity index (χ0v) is 8.28. The monoisotopic (exact) mass is 214 g/mol. The zero-order valence-electron chi connectivity index (χ0n) is 8.28. The van der Waals surface area contributed by atoms with Crippen LogP contribution in [0.15, 0.2) is 23.1 Å². The van der Waals surface area contributed by atoms with Gasteiger partial charge < -0.3 is 10.3 Å². The first-order valence-electron chi connectivity index (χ1n) is 4.71. The summed E-state index contributed by atoms with van der Waals surface area (Å²) in [6.07, 6.45) is -0.568. The first kappa shape index (κ1) is 10.1. The van der Waals surface area contributed by atoms with Crippen LogP contribution in [0.1, 0.15) is 19.4 Å². The largest absolute Gasteiger partial charge is 0.394 e. The fourth-order valence-electron chi connectivity index (χ4n) is 1.78. The van der Waals surface area contributed by atoms with Gasteiger partial charge in [-0.05, 0) is 18.6 Å². The van der Waals surface area contributed by atoms with Crippen molar-refractivity contribution in [1.29, 1.82) is 0 Å². The van der Waals surface area contributed by atoms with Crippen LogP contribution in [0.25, 0.3) is 0 Å². The molecule has 2 rings (SSSR count). The fourth-order valence-corrected chi connectivity index (χ4v) is 1.78. The molecule has 1 saturated carbocycles. The molecule has 0 bridgehead atoms. The van der Waals surface area contributed by atoms with Crippen molar-refractivity contribution in [2.24, 2.45) is 5.41 Å². The van der Waals surface area contributed by atoms with Crippen LogP contribution in [-0.4, -0.2) is 11.0 Å². The summed E-state index contributed by atoms with van der Waals surface area (Å²) in [5.74, 6) is 0.